The minimum absolute atomic E-state index is 0.0482. The number of aliphatic carboxylic acids is 1. The second-order valence-corrected chi connectivity index (χ2v) is 5.10. The Hall–Kier alpha value is -2.37. The summed E-state index contributed by atoms with van der Waals surface area (Å²) in [7, 11) is 0. The van der Waals surface area contributed by atoms with E-state index in [1.807, 2.05) is 0 Å². The van der Waals surface area contributed by atoms with Crippen LogP contribution in [0.1, 0.15) is 30.1 Å². The lowest BCUT2D eigenvalue weighted by atomic mass is 10.2. The van der Waals surface area contributed by atoms with Crippen LogP contribution in [0, 0.1) is 0 Å². The fourth-order valence-corrected chi connectivity index (χ4v) is 2.33. The van der Waals surface area contributed by atoms with E-state index >= 15 is 0 Å². The van der Waals surface area contributed by atoms with Gasteiger partial charge in [0, 0.05) is 12.2 Å². The van der Waals surface area contributed by atoms with Crippen molar-refractivity contribution in [2.45, 2.75) is 31.8 Å². The molecule has 0 aliphatic heterocycles. The molecule has 0 radical (unpaired) electrons. The minimum Gasteiger partial charge on any atom is -0.480 e. The Kier molecular flexibility index (Phi) is 2.93. The molecule has 0 spiro atoms. The van der Waals surface area contributed by atoms with Gasteiger partial charge in [-0.25, -0.2) is 9.78 Å². The fourth-order valence-electron chi connectivity index (χ4n) is 2.33. The van der Waals surface area contributed by atoms with Gasteiger partial charge in [-0.1, -0.05) is 0 Å². The molecule has 2 heterocycles. The van der Waals surface area contributed by atoms with Crippen molar-refractivity contribution in [1.29, 1.82) is 0 Å². The highest BCUT2D eigenvalue weighted by Gasteiger charge is 2.38. The van der Waals surface area contributed by atoms with Crippen molar-refractivity contribution in [2.75, 3.05) is 0 Å². The first-order valence-corrected chi connectivity index (χ1v) is 6.55. The molecule has 3 rings (SSSR count). The molecule has 0 aromatic carbocycles. The van der Waals surface area contributed by atoms with Gasteiger partial charge in [0.05, 0.1) is 23.6 Å². The highest BCUT2D eigenvalue weighted by Crippen LogP contribution is 2.30. The monoisotopic (exact) mass is 273 g/mol. The second kappa shape index (κ2) is 4.63. The molecule has 104 valence electrons. The zero-order chi connectivity index (χ0) is 14.3. The molecule has 2 aromatic heterocycles. The molecule has 1 N–H and O–H groups in total. The van der Waals surface area contributed by atoms with Gasteiger partial charge in [0.15, 0.2) is 0 Å². The van der Waals surface area contributed by atoms with E-state index in [1.165, 1.54) is 4.90 Å². The van der Waals surface area contributed by atoms with Crippen molar-refractivity contribution in [2.24, 2.45) is 0 Å². The van der Waals surface area contributed by atoms with E-state index < -0.39 is 12.0 Å². The first-order chi connectivity index (χ1) is 9.58. The summed E-state index contributed by atoms with van der Waals surface area (Å²) in [6.07, 6.45) is 6.75. The van der Waals surface area contributed by atoms with Crippen LogP contribution in [0.15, 0.2) is 30.9 Å². The molecule has 1 saturated carbocycles. The van der Waals surface area contributed by atoms with E-state index in [1.54, 1.807) is 42.2 Å². The van der Waals surface area contributed by atoms with Crippen LogP contribution in [0.4, 0.5) is 0 Å². The van der Waals surface area contributed by atoms with Gasteiger partial charge in [0.25, 0.3) is 5.91 Å². The van der Waals surface area contributed by atoms with E-state index in [4.69, 9.17) is 5.11 Å². The number of nitrogens with zero attached hydrogens (tertiary/aromatic N) is 3. The number of hydrogen-bond donors (Lipinski definition) is 1. The van der Waals surface area contributed by atoms with Crippen LogP contribution < -0.4 is 0 Å². The zero-order valence-electron chi connectivity index (χ0n) is 11.1. The molecular weight excluding hydrogens is 258 g/mol. The van der Waals surface area contributed by atoms with Crippen LogP contribution in [0.25, 0.3) is 5.52 Å². The molecule has 6 heteroatoms. The van der Waals surface area contributed by atoms with Crippen LogP contribution in [0.5, 0.6) is 0 Å². The number of carbonyl (C=O) groups is 2. The molecular formula is C14H15N3O3. The normalized spacial score (nSPS) is 16.1. The molecule has 1 atom stereocenters. The second-order valence-electron chi connectivity index (χ2n) is 5.10. The van der Waals surface area contributed by atoms with E-state index in [0.717, 1.165) is 18.4 Å². The maximum absolute atomic E-state index is 12.6. The minimum atomic E-state index is -0.978. The average Bonchev–Trinajstić information content (AvgIpc) is 3.14. The van der Waals surface area contributed by atoms with Crippen molar-refractivity contribution in [3.63, 3.8) is 0 Å². The number of imidazole rings is 1. The lowest BCUT2D eigenvalue weighted by molar-refractivity contribution is -0.141. The summed E-state index contributed by atoms with van der Waals surface area (Å²) in [5.41, 5.74) is 1.38. The number of carbonyl (C=O) groups excluding carboxylic acids is 1. The number of pyridine rings is 1. The summed E-state index contributed by atoms with van der Waals surface area (Å²) in [6.45, 7) is 1.55. The van der Waals surface area contributed by atoms with Gasteiger partial charge in [0.2, 0.25) is 0 Å². The Morgan fingerprint density at radius 1 is 1.45 bits per heavy atom. The molecule has 1 aliphatic rings. The number of carboxylic acids is 1. The Bertz CT molecular complexity index is 675. The van der Waals surface area contributed by atoms with Crippen molar-refractivity contribution >= 4 is 17.4 Å². The number of hydrogen-bond acceptors (Lipinski definition) is 3. The van der Waals surface area contributed by atoms with Gasteiger partial charge in [-0.3, -0.25) is 4.79 Å². The summed E-state index contributed by atoms with van der Waals surface area (Å²) < 4.78 is 1.75. The van der Waals surface area contributed by atoms with E-state index in [-0.39, 0.29) is 11.9 Å². The van der Waals surface area contributed by atoms with Crippen LogP contribution in [0.3, 0.4) is 0 Å². The topological polar surface area (TPSA) is 74.9 Å². The van der Waals surface area contributed by atoms with Crippen LogP contribution >= 0.6 is 0 Å². The third-order valence-corrected chi connectivity index (χ3v) is 3.60. The molecule has 20 heavy (non-hydrogen) atoms. The van der Waals surface area contributed by atoms with E-state index in [2.05, 4.69) is 4.98 Å². The van der Waals surface area contributed by atoms with Crippen molar-refractivity contribution < 1.29 is 14.7 Å². The molecule has 1 amide bonds. The van der Waals surface area contributed by atoms with Gasteiger partial charge >= 0.3 is 5.97 Å². The Balaban J connectivity index is 1.94. The molecule has 1 unspecified atom stereocenters. The van der Waals surface area contributed by atoms with Crippen molar-refractivity contribution in [3.8, 4) is 0 Å². The van der Waals surface area contributed by atoms with Crippen molar-refractivity contribution in [3.05, 3.63) is 36.4 Å². The average molecular weight is 273 g/mol. The fraction of sp³-hybridized carbons (Fsp3) is 0.357. The maximum Gasteiger partial charge on any atom is 0.326 e. The van der Waals surface area contributed by atoms with E-state index in [0.29, 0.717) is 5.56 Å². The highest BCUT2D eigenvalue weighted by atomic mass is 16.4. The summed E-state index contributed by atoms with van der Waals surface area (Å²) in [6, 6.07) is 2.75. The molecule has 6 nitrogen and oxygen atoms in total. The summed E-state index contributed by atoms with van der Waals surface area (Å²) in [5, 5.41) is 9.15. The SMILES string of the molecule is CC(C(=O)O)N(C(=O)c1ccc2cncn2c1)C1CC1. The Labute approximate surface area is 115 Å². The smallest absolute Gasteiger partial charge is 0.326 e. The lowest BCUT2D eigenvalue weighted by Gasteiger charge is -2.26. The molecule has 0 bridgehead atoms. The van der Waals surface area contributed by atoms with Gasteiger partial charge in [-0.2, -0.15) is 0 Å². The van der Waals surface area contributed by atoms with Gasteiger partial charge in [-0.05, 0) is 31.9 Å². The first kappa shape index (κ1) is 12.7. The van der Waals surface area contributed by atoms with Gasteiger partial charge in [-0.15, -0.1) is 0 Å². The predicted molar refractivity (Wildman–Crippen MR) is 71.5 cm³/mol. The maximum atomic E-state index is 12.6. The number of carboxylic acid groups (broad SMARTS) is 1. The lowest BCUT2D eigenvalue weighted by Crippen LogP contribution is -2.44. The molecule has 1 aliphatic carbocycles. The number of fused-ring (bicyclic) bond motifs is 1. The highest BCUT2D eigenvalue weighted by molar-refractivity contribution is 5.97. The summed E-state index contributed by atoms with van der Waals surface area (Å²) in [5.74, 6) is -1.22. The third kappa shape index (κ3) is 2.13. The summed E-state index contributed by atoms with van der Waals surface area (Å²) in [4.78, 5) is 29.2. The largest absolute Gasteiger partial charge is 0.480 e. The molecule has 1 fully saturated rings. The third-order valence-electron chi connectivity index (χ3n) is 3.60. The van der Waals surface area contributed by atoms with E-state index in [9.17, 15) is 9.59 Å². The van der Waals surface area contributed by atoms with Crippen molar-refractivity contribution in [1.82, 2.24) is 14.3 Å². The first-order valence-electron chi connectivity index (χ1n) is 6.55. The zero-order valence-corrected chi connectivity index (χ0v) is 11.1. The van der Waals surface area contributed by atoms with Crippen LogP contribution in [-0.2, 0) is 4.79 Å². The van der Waals surface area contributed by atoms with Gasteiger partial charge in [0.1, 0.15) is 6.04 Å². The van der Waals surface area contributed by atoms with Crippen LogP contribution in [-0.4, -0.2) is 43.4 Å². The summed E-state index contributed by atoms with van der Waals surface area (Å²) >= 11 is 0. The Morgan fingerprint density at radius 3 is 2.85 bits per heavy atom. The predicted octanol–water partition coefficient (Wildman–Crippen LogP) is 1.41. The Morgan fingerprint density at radius 2 is 2.20 bits per heavy atom. The number of aromatic nitrogens is 2. The standard InChI is InChI=1S/C14H15N3O3/c1-9(14(19)20)17(11-4-5-11)13(18)10-2-3-12-6-15-8-16(12)7-10/h2-3,6-9,11H,4-5H2,1H3,(H,19,20). The number of amides is 1. The molecule has 2 aromatic rings. The van der Waals surface area contributed by atoms with Crippen LogP contribution in [0.2, 0.25) is 0 Å². The molecule has 0 saturated heterocycles. The number of rotatable bonds is 4. The quantitative estimate of drug-likeness (QED) is 0.914. The van der Waals surface area contributed by atoms with Gasteiger partial charge < -0.3 is 14.4 Å².